The lowest BCUT2D eigenvalue weighted by molar-refractivity contribution is 0.342. The van der Waals surface area contributed by atoms with Crippen LogP contribution in [0.25, 0.3) is 0 Å². The normalized spacial score (nSPS) is 18.7. The molecule has 0 amide bonds. The number of halogens is 1. The van der Waals surface area contributed by atoms with Crippen LogP contribution in [0.4, 0.5) is 0 Å². The lowest BCUT2D eigenvalue weighted by atomic mass is 10.1. The first kappa shape index (κ1) is 20.1. The Balaban J connectivity index is 0.00000264. The highest BCUT2D eigenvalue weighted by molar-refractivity contribution is 14.0. The summed E-state index contributed by atoms with van der Waals surface area (Å²) in [7, 11) is 1.82. The molecule has 132 valence electrons. The average molecular weight is 435 g/mol. The number of aryl methyl sites for hydroxylation is 1. The summed E-state index contributed by atoms with van der Waals surface area (Å²) in [4.78, 5) is 6.79. The third kappa shape index (κ3) is 6.25. The Bertz CT molecular complexity index is 474. The van der Waals surface area contributed by atoms with Crippen molar-refractivity contribution < 1.29 is 0 Å². The van der Waals surface area contributed by atoms with E-state index in [9.17, 15) is 0 Å². The molecule has 1 saturated heterocycles. The molecule has 2 heterocycles. The Kier molecular flexibility index (Phi) is 9.46. The fourth-order valence-corrected chi connectivity index (χ4v) is 2.86. The topological polar surface area (TPSA) is 70.4 Å². The highest BCUT2D eigenvalue weighted by Gasteiger charge is 2.20. The quantitative estimate of drug-likeness (QED) is 0.380. The van der Waals surface area contributed by atoms with Gasteiger partial charge in [-0.15, -0.1) is 34.2 Å². The first-order valence-corrected chi connectivity index (χ1v) is 8.30. The first-order valence-electron chi connectivity index (χ1n) is 8.30. The third-order valence-electron chi connectivity index (χ3n) is 4.26. The first-order chi connectivity index (χ1) is 10.8. The average Bonchev–Trinajstić information content (AvgIpc) is 3.19. The van der Waals surface area contributed by atoms with Gasteiger partial charge in [-0.3, -0.25) is 4.99 Å². The predicted octanol–water partition coefficient (Wildman–Crippen LogP) is 0.965. The maximum atomic E-state index is 4.29. The molecular formula is C15H30IN7. The molecule has 0 saturated carbocycles. The Morgan fingerprint density at radius 3 is 2.87 bits per heavy atom. The van der Waals surface area contributed by atoms with E-state index in [0.29, 0.717) is 0 Å². The van der Waals surface area contributed by atoms with Crippen LogP contribution in [-0.2, 0) is 13.0 Å². The van der Waals surface area contributed by atoms with Crippen LogP contribution in [0, 0.1) is 5.92 Å². The second-order valence-corrected chi connectivity index (χ2v) is 5.72. The monoisotopic (exact) mass is 435 g/mol. The Morgan fingerprint density at radius 1 is 1.39 bits per heavy atom. The van der Waals surface area contributed by atoms with Crippen LogP contribution in [-0.4, -0.2) is 65.4 Å². The van der Waals surface area contributed by atoms with E-state index in [1.165, 1.54) is 19.5 Å². The summed E-state index contributed by atoms with van der Waals surface area (Å²) in [5.41, 5.74) is 0. The Labute approximate surface area is 156 Å². The molecule has 1 unspecified atom stereocenters. The molecule has 0 bridgehead atoms. The van der Waals surface area contributed by atoms with Gasteiger partial charge in [-0.25, -0.2) is 0 Å². The van der Waals surface area contributed by atoms with E-state index < -0.39 is 0 Å². The lowest BCUT2D eigenvalue weighted by Gasteiger charge is -2.16. The van der Waals surface area contributed by atoms with Gasteiger partial charge in [0.2, 0.25) is 0 Å². The smallest absolute Gasteiger partial charge is 0.191 e. The van der Waals surface area contributed by atoms with E-state index in [4.69, 9.17) is 0 Å². The standard InChI is InChI=1S/C15H29N7.HI/c1-4-14-20-19-12-22(14)9-7-17-15(16-3)18-10-13-6-8-21(5-2)11-13;/h12-13H,4-11H2,1-3H3,(H2,16,17,18);1H. The van der Waals surface area contributed by atoms with Crippen molar-refractivity contribution in [1.82, 2.24) is 30.3 Å². The molecule has 1 aromatic heterocycles. The van der Waals surface area contributed by atoms with Crippen molar-refractivity contribution >= 4 is 29.9 Å². The zero-order chi connectivity index (χ0) is 15.8. The van der Waals surface area contributed by atoms with Crippen LogP contribution in [0.15, 0.2) is 11.3 Å². The SMILES string of the molecule is CCc1nncn1CCNC(=NC)NCC1CCN(CC)C1.I. The van der Waals surface area contributed by atoms with Gasteiger partial charge in [0, 0.05) is 39.6 Å². The van der Waals surface area contributed by atoms with Crippen molar-refractivity contribution in [2.75, 3.05) is 39.8 Å². The fraction of sp³-hybridized carbons (Fsp3) is 0.800. The molecule has 2 rings (SSSR count). The van der Waals surface area contributed by atoms with Gasteiger partial charge in [-0.1, -0.05) is 13.8 Å². The minimum Gasteiger partial charge on any atom is -0.356 e. The number of likely N-dealkylation sites (tertiary alicyclic amines) is 1. The molecule has 2 N–H and O–H groups in total. The van der Waals surface area contributed by atoms with Crippen LogP contribution in [0.1, 0.15) is 26.1 Å². The van der Waals surface area contributed by atoms with Gasteiger partial charge in [-0.05, 0) is 25.4 Å². The molecule has 1 fully saturated rings. The summed E-state index contributed by atoms with van der Waals surface area (Å²) in [6, 6.07) is 0. The van der Waals surface area contributed by atoms with Crippen LogP contribution in [0.3, 0.4) is 0 Å². The number of nitrogens with zero attached hydrogens (tertiary/aromatic N) is 5. The lowest BCUT2D eigenvalue weighted by Crippen LogP contribution is -2.41. The van der Waals surface area contributed by atoms with Gasteiger partial charge in [0.15, 0.2) is 5.96 Å². The number of aromatic nitrogens is 3. The summed E-state index contributed by atoms with van der Waals surface area (Å²) >= 11 is 0. The summed E-state index contributed by atoms with van der Waals surface area (Å²) in [6.07, 6.45) is 3.97. The van der Waals surface area contributed by atoms with Crippen LogP contribution in [0.2, 0.25) is 0 Å². The number of guanidine groups is 1. The van der Waals surface area contributed by atoms with E-state index >= 15 is 0 Å². The van der Waals surface area contributed by atoms with Gasteiger partial charge in [0.1, 0.15) is 12.2 Å². The minimum atomic E-state index is 0. The number of aliphatic imine (C=N–C) groups is 1. The Hall–Kier alpha value is -0.900. The van der Waals surface area contributed by atoms with Crippen LogP contribution < -0.4 is 10.6 Å². The number of rotatable bonds is 7. The van der Waals surface area contributed by atoms with Crippen molar-refractivity contribution in [3.63, 3.8) is 0 Å². The van der Waals surface area contributed by atoms with Gasteiger partial charge in [0.25, 0.3) is 0 Å². The maximum Gasteiger partial charge on any atom is 0.191 e. The zero-order valence-corrected chi connectivity index (χ0v) is 16.8. The molecule has 1 aliphatic heterocycles. The van der Waals surface area contributed by atoms with E-state index in [2.05, 4.69) is 49.1 Å². The summed E-state index contributed by atoms with van der Waals surface area (Å²) in [5.74, 6) is 2.62. The summed E-state index contributed by atoms with van der Waals surface area (Å²) < 4.78 is 2.08. The largest absolute Gasteiger partial charge is 0.356 e. The number of hydrogen-bond donors (Lipinski definition) is 2. The van der Waals surface area contributed by atoms with Gasteiger partial charge in [0.05, 0.1) is 0 Å². The molecule has 0 radical (unpaired) electrons. The highest BCUT2D eigenvalue weighted by atomic mass is 127. The molecule has 0 aliphatic carbocycles. The van der Waals surface area contributed by atoms with Crippen molar-refractivity contribution in [3.05, 3.63) is 12.2 Å². The Morgan fingerprint density at radius 2 is 2.22 bits per heavy atom. The van der Waals surface area contributed by atoms with E-state index in [0.717, 1.165) is 50.3 Å². The molecule has 23 heavy (non-hydrogen) atoms. The summed E-state index contributed by atoms with van der Waals surface area (Å²) in [5, 5.41) is 14.8. The van der Waals surface area contributed by atoms with Crippen LogP contribution >= 0.6 is 24.0 Å². The molecule has 0 spiro atoms. The second-order valence-electron chi connectivity index (χ2n) is 5.72. The van der Waals surface area contributed by atoms with Crippen molar-refractivity contribution in [2.24, 2.45) is 10.9 Å². The fourth-order valence-electron chi connectivity index (χ4n) is 2.86. The highest BCUT2D eigenvalue weighted by Crippen LogP contribution is 2.14. The minimum absolute atomic E-state index is 0. The van der Waals surface area contributed by atoms with Crippen LogP contribution in [0.5, 0.6) is 0 Å². The second kappa shape index (κ2) is 10.8. The van der Waals surface area contributed by atoms with Gasteiger partial charge >= 0.3 is 0 Å². The molecule has 8 heteroatoms. The molecule has 7 nitrogen and oxygen atoms in total. The van der Waals surface area contributed by atoms with E-state index in [1.807, 2.05) is 7.05 Å². The van der Waals surface area contributed by atoms with E-state index in [-0.39, 0.29) is 24.0 Å². The zero-order valence-electron chi connectivity index (χ0n) is 14.5. The maximum absolute atomic E-state index is 4.29. The molecular weight excluding hydrogens is 405 g/mol. The molecule has 1 aromatic rings. The molecule has 1 aliphatic rings. The van der Waals surface area contributed by atoms with Crippen molar-refractivity contribution in [2.45, 2.75) is 33.2 Å². The summed E-state index contributed by atoms with van der Waals surface area (Å²) in [6.45, 7) is 10.6. The van der Waals surface area contributed by atoms with E-state index in [1.54, 1.807) is 6.33 Å². The van der Waals surface area contributed by atoms with Crippen molar-refractivity contribution in [1.29, 1.82) is 0 Å². The molecule has 0 aromatic carbocycles. The third-order valence-corrected chi connectivity index (χ3v) is 4.26. The molecule has 1 atom stereocenters. The van der Waals surface area contributed by atoms with Gasteiger partial charge < -0.3 is 20.1 Å². The van der Waals surface area contributed by atoms with Gasteiger partial charge in [-0.2, -0.15) is 0 Å². The number of nitrogens with one attached hydrogen (secondary N) is 2. The van der Waals surface area contributed by atoms with Crippen molar-refractivity contribution in [3.8, 4) is 0 Å². The predicted molar refractivity (Wildman–Crippen MR) is 104 cm³/mol. The number of hydrogen-bond acceptors (Lipinski definition) is 4.